The van der Waals surface area contributed by atoms with Crippen molar-refractivity contribution >= 4 is 11.6 Å². The largest absolute Gasteiger partial charge is 0.341 e. The number of hydrogen-bond donors (Lipinski definition) is 0. The fourth-order valence-electron chi connectivity index (χ4n) is 2.01. The van der Waals surface area contributed by atoms with E-state index in [1.54, 1.807) is 36.3 Å². The number of hydrogen-bond acceptors (Lipinski definition) is 3. The van der Waals surface area contributed by atoms with Gasteiger partial charge in [-0.05, 0) is 18.1 Å². The minimum Gasteiger partial charge on any atom is -0.341 e. The molecule has 0 aliphatic rings. The molecule has 1 amide bonds. The van der Waals surface area contributed by atoms with Crippen molar-refractivity contribution in [1.82, 2.24) is 14.3 Å². The van der Waals surface area contributed by atoms with E-state index in [9.17, 15) is 9.59 Å². The summed E-state index contributed by atoms with van der Waals surface area (Å²) in [7, 11) is 1.70. The van der Waals surface area contributed by atoms with Crippen LogP contribution in [0.2, 0.25) is 0 Å². The minimum atomic E-state index is -0.328. The predicted octanol–water partition coefficient (Wildman–Crippen LogP) is 1.42. The second-order valence-corrected chi connectivity index (χ2v) is 4.99. The normalized spacial score (nSPS) is 10.9. The van der Waals surface area contributed by atoms with Crippen molar-refractivity contribution in [3.05, 3.63) is 46.5 Å². The summed E-state index contributed by atoms with van der Waals surface area (Å²) in [5.41, 5.74) is 0.314. The Morgan fingerprint density at radius 2 is 2.16 bits per heavy atom. The first-order valence-electron chi connectivity index (χ1n) is 6.22. The maximum absolute atomic E-state index is 12.2. The Labute approximate surface area is 111 Å². The molecule has 0 saturated carbocycles. The van der Waals surface area contributed by atoms with Crippen LogP contribution in [-0.4, -0.2) is 33.8 Å². The van der Waals surface area contributed by atoms with Crippen LogP contribution >= 0.6 is 0 Å². The third-order valence-corrected chi connectivity index (χ3v) is 2.83. The summed E-state index contributed by atoms with van der Waals surface area (Å²) in [6.45, 7) is 4.65. The van der Waals surface area contributed by atoms with Gasteiger partial charge in [-0.3, -0.25) is 14.0 Å². The number of nitrogens with zero attached hydrogens (tertiary/aromatic N) is 3. The predicted molar refractivity (Wildman–Crippen MR) is 73.3 cm³/mol. The number of carbonyl (C=O) groups is 1. The van der Waals surface area contributed by atoms with Gasteiger partial charge in [0.15, 0.2) is 0 Å². The number of pyridine rings is 1. The van der Waals surface area contributed by atoms with E-state index in [-0.39, 0.29) is 17.0 Å². The summed E-state index contributed by atoms with van der Waals surface area (Å²) in [5, 5.41) is 0. The average Bonchev–Trinajstić information content (AvgIpc) is 2.38. The standard InChI is InChI=1S/C14H17N3O2/c1-10(2)9-16(3)13(18)11-8-15-12-6-4-5-7-17(12)14(11)19/h4-8,10H,9H2,1-3H3. The molecule has 0 fully saturated rings. The molecular formula is C14H17N3O2. The molecule has 5 nitrogen and oxygen atoms in total. The molecular weight excluding hydrogens is 242 g/mol. The molecule has 0 aliphatic carbocycles. The van der Waals surface area contributed by atoms with Crippen molar-refractivity contribution in [3.63, 3.8) is 0 Å². The van der Waals surface area contributed by atoms with Crippen LogP contribution in [0.25, 0.3) is 5.65 Å². The van der Waals surface area contributed by atoms with Crippen molar-refractivity contribution in [1.29, 1.82) is 0 Å². The molecule has 0 aromatic carbocycles. The molecule has 0 aliphatic heterocycles. The average molecular weight is 259 g/mol. The molecule has 2 rings (SSSR count). The van der Waals surface area contributed by atoms with Gasteiger partial charge in [-0.25, -0.2) is 4.98 Å². The highest BCUT2D eigenvalue weighted by Crippen LogP contribution is 2.03. The maximum Gasteiger partial charge on any atom is 0.270 e. The Kier molecular flexibility index (Phi) is 3.64. The molecule has 2 aromatic heterocycles. The summed E-state index contributed by atoms with van der Waals surface area (Å²) >= 11 is 0. The van der Waals surface area contributed by atoms with Gasteiger partial charge in [0.1, 0.15) is 11.2 Å². The summed E-state index contributed by atoms with van der Waals surface area (Å²) in [6.07, 6.45) is 2.97. The summed E-state index contributed by atoms with van der Waals surface area (Å²) in [4.78, 5) is 30.1. The van der Waals surface area contributed by atoms with Crippen LogP contribution in [0.5, 0.6) is 0 Å². The molecule has 0 atom stereocenters. The summed E-state index contributed by atoms with van der Waals surface area (Å²) in [6, 6.07) is 5.27. The number of fused-ring (bicyclic) bond motifs is 1. The van der Waals surface area contributed by atoms with Crippen LogP contribution < -0.4 is 5.56 Å². The SMILES string of the molecule is CC(C)CN(C)C(=O)c1cnc2ccccn2c1=O. The van der Waals surface area contributed by atoms with E-state index in [0.29, 0.717) is 18.1 Å². The van der Waals surface area contributed by atoms with Crippen molar-refractivity contribution < 1.29 is 4.79 Å². The Bertz CT molecular complexity index is 661. The zero-order valence-corrected chi connectivity index (χ0v) is 11.3. The van der Waals surface area contributed by atoms with E-state index in [2.05, 4.69) is 4.98 Å². The highest BCUT2D eigenvalue weighted by atomic mass is 16.2. The molecule has 2 aromatic rings. The van der Waals surface area contributed by atoms with E-state index < -0.39 is 0 Å². The fourth-order valence-corrected chi connectivity index (χ4v) is 2.01. The van der Waals surface area contributed by atoms with Gasteiger partial charge in [0.05, 0.1) is 0 Å². The van der Waals surface area contributed by atoms with E-state index >= 15 is 0 Å². The molecule has 5 heteroatoms. The number of rotatable bonds is 3. The van der Waals surface area contributed by atoms with Gasteiger partial charge in [0, 0.05) is 26.0 Å². The van der Waals surface area contributed by atoms with Gasteiger partial charge < -0.3 is 4.90 Å². The zero-order chi connectivity index (χ0) is 14.0. The van der Waals surface area contributed by atoms with Crippen LogP contribution in [0.3, 0.4) is 0 Å². The lowest BCUT2D eigenvalue weighted by molar-refractivity contribution is 0.0777. The third kappa shape index (κ3) is 2.65. The van der Waals surface area contributed by atoms with Gasteiger partial charge in [-0.15, -0.1) is 0 Å². The molecule has 0 bridgehead atoms. The van der Waals surface area contributed by atoms with Crippen LogP contribution in [0.4, 0.5) is 0 Å². The molecule has 0 N–H and O–H groups in total. The van der Waals surface area contributed by atoms with Gasteiger partial charge in [-0.1, -0.05) is 19.9 Å². The summed E-state index contributed by atoms with van der Waals surface area (Å²) < 4.78 is 1.39. The van der Waals surface area contributed by atoms with E-state index in [0.717, 1.165) is 0 Å². The van der Waals surface area contributed by atoms with Crippen LogP contribution in [0, 0.1) is 5.92 Å². The van der Waals surface area contributed by atoms with E-state index in [4.69, 9.17) is 0 Å². The highest BCUT2D eigenvalue weighted by Gasteiger charge is 2.17. The number of aromatic nitrogens is 2. The Balaban J connectivity index is 2.43. The third-order valence-electron chi connectivity index (χ3n) is 2.83. The van der Waals surface area contributed by atoms with Gasteiger partial charge in [0.2, 0.25) is 0 Å². The van der Waals surface area contributed by atoms with Crippen molar-refractivity contribution in [2.75, 3.05) is 13.6 Å². The van der Waals surface area contributed by atoms with Crippen molar-refractivity contribution in [2.45, 2.75) is 13.8 Å². The molecule has 0 unspecified atom stereocenters. The number of amides is 1. The van der Waals surface area contributed by atoms with Crippen molar-refractivity contribution in [2.24, 2.45) is 5.92 Å². The molecule has 19 heavy (non-hydrogen) atoms. The van der Waals surface area contributed by atoms with E-state index in [1.165, 1.54) is 10.6 Å². The maximum atomic E-state index is 12.2. The van der Waals surface area contributed by atoms with Gasteiger partial charge >= 0.3 is 0 Å². The number of carbonyl (C=O) groups excluding carboxylic acids is 1. The Hall–Kier alpha value is -2.17. The Morgan fingerprint density at radius 3 is 2.84 bits per heavy atom. The first kappa shape index (κ1) is 13.3. The lowest BCUT2D eigenvalue weighted by Crippen LogP contribution is -2.35. The van der Waals surface area contributed by atoms with Gasteiger partial charge in [-0.2, -0.15) is 0 Å². The quantitative estimate of drug-likeness (QED) is 0.837. The smallest absolute Gasteiger partial charge is 0.270 e. The molecule has 0 spiro atoms. The lowest BCUT2D eigenvalue weighted by Gasteiger charge is -2.18. The zero-order valence-electron chi connectivity index (χ0n) is 11.3. The van der Waals surface area contributed by atoms with Crippen LogP contribution in [-0.2, 0) is 0 Å². The van der Waals surface area contributed by atoms with E-state index in [1.807, 2.05) is 13.8 Å². The lowest BCUT2D eigenvalue weighted by atomic mass is 10.2. The second-order valence-electron chi connectivity index (χ2n) is 4.99. The molecule has 2 heterocycles. The minimum absolute atomic E-state index is 0.104. The summed E-state index contributed by atoms with van der Waals surface area (Å²) in [5.74, 6) is 0.0644. The first-order valence-corrected chi connectivity index (χ1v) is 6.22. The highest BCUT2D eigenvalue weighted by molar-refractivity contribution is 5.93. The van der Waals surface area contributed by atoms with Crippen LogP contribution in [0.1, 0.15) is 24.2 Å². The Morgan fingerprint density at radius 1 is 1.42 bits per heavy atom. The topological polar surface area (TPSA) is 54.7 Å². The molecule has 0 saturated heterocycles. The second kappa shape index (κ2) is 5.22. The van der Waals surface area contributed by atoms with Crippen LogP contribution in [0.15, 0.2) is 35.4 Å². The molecule has 100 valence electrons. The monoisotopic (exact) mass is 259 g/mol. The van der Waals surface area contributed by atoms with Crippen molar-refractivity contribution in [3.8, 4) is 0 Å². The fraction of sp³-hybridized carbons (Fsp3) is 0.357. The molecule has 0 radical (unpaired) electrons. The first-order chi connectivity index (χ1) is 9.00. The van der Waals surface area contributed by atoms with Gasteiger partial charge in [0.25, 0.3) is 11.5 Å².